The summed E-state index contributed by atoms with van der Waals surface area (Å²) < 4.78 is 1.78. The van der Waals surface area contributed by atoms with Crippen LogP contribution in [-0.2, 0) is 7.05 Å². The van der Waals surface area contributed by atoms with Crippen LogP contribution in [0.4, 0.5) is 0 Å². The lowest BCUT2D eigenvalue weighted by Gasteiger charge is -2.25. The number of hydrogen-bond acceptors (Lipinski definition) is 5. The number of nitrogens with zero attached hydrogens (tertiary/aromatic N) is 4. The Bertz CT molecular complexity index is 450. The van der Waals surface area contributed by atoms with E-state index in [0.29, 0.717) is 11.3 Å². The number of rotatable bonds is 4. The Hall–Kier alpha value is -1.06. The highest BCUT2D eigenvalue weighted by Gasteiger charge is 2.40. The Labute approximate surface area is 112 Å². The van der Waals surface area contributed by atoms with Gasteiger partial charge in [-0.05, 0) is 33.1 Å². The lowest BCUT2D eigenvalue weighted by Crippen LogP contribution is -2.45. The Morgan fingerprint density at radius 3 is 3.00 bits per heavy atom. The van der Waals surface area contributed by atoms with Gasteiger partial charge in [-0.15, -0.1) is 0 Å². The molecule has 0 amide bonds. The van der Waals surface area contributed by atoms with Crippen LogP contribution >= 0.6 is 11.8 Å². The van der Waals surface area contributed by atoms with Crippen LogP contribution in [0.15, 0.2) is 11.5 Å². The van der Waals surface area contributed by atoms with Gasteiger partial charge >= 0.3 is 0 Å². The maximum Gasteiger partial charge on any atom is 0.186 e. The van der Waals surface area contributed by atoms with E-state index in [1.807, 2.05) is 7.05 Å². The molecule has 0 radical (unpaired) electrons. The summed E-state index contributed by atoms with van der Waals surface area (Å²) in [5.41, 5.74) is -0.357. The third-order valence-corrected chi connectivity index (χ3v) is 4.51. The van der Waals surface area contributed by atoms with E-state index in [1.165, 1.54) is 0 Å². The summed E-state index contributed by atoms with van der Waals surface area (Å²) in [6, 6.07) is 2.80. The highest BCUT2D eigenvalue weighted by molar-refractivity contribution is 7.99. The van der Waals surface area contributed by atoms with E-state index >= 15 is 0 Å². The van der Waals surface area contributed by atoms with Crippen LogP contribution in [-0.4, -0.2) is 31.6 Å². The maximum absolute atomic E-state index is 9.41. The number of aromatic nitrogens is 3. The molecule has 0 aromatic carbocycles. The summed E-state index contributed by atoms with van der Waals surface area (Å²) in [5, 5.41) is 18.3. The SMILES string of the molecule is CC(C)NC1(C#N)CCC(Sc2ncnn2C)C1. The van der Waals surface area contributed by atoms with E-state index in [2.05, 4.69) is 35.3 Å². The van der Waals surface area contributed by atoms with Gasteiger partial charge in [0.1, 0.15) is 11.9 Å². The molecule has 2 rings (SSSR count). The Morgan fingerprint density at radius 1 is 1.67 bits per heavy atom. The highest BCUT2D eigenvalue weighted by atomic mass is 32.2. The summed E-state index contributed by atoms with van der Waals surface area (Å²) in [6.45, 7) is 4.17. The molecule has 5 nitrogen and oxygen atoms in total. The summed E-state index contributed by atoms with van der Waals surface area (Å²) >= 11 is 1.73. The first-order valence-electron chi connectivity index (χ1n) is 6.24. The van der Waals surface area contributed by atoms with E-state index in [1.54, 1.807) is 22.8 Å². The molecule has 1 heterocycles. The van der Waals surface area contributed by atoms with E-state index in [9.17, 15) is 5.26 Å². The van der Waals surface area contributed by atoms with Crippen molar-refractivity contribution in [2.24, 2.45) is 7.05 Å². The van der Waals surface area contributed by atoms with E-state index in [-0.39, 0.29) is 5.54 Å². The predicted octanol–water partition coefficient (Wildman–Crippen LogP) is 1.72. The Morgan fingerprint density at radius 2 is 2.44 bits per heavy atom. The molecule has 0 saturated heterocycles. The first kappa shape index (κ1) is 13.4. The normalized spacial score (nSPS) is 27.6. The van der Waals surface area contributed by atoms with Crippen molar-refractivity contribution >= 4 is 11.8 Å². The molecule has 6 heteroatoms. The van der Waals surface area contributed by atoms with Gasteiger partial charge in [-0.1, -0.05) is 11.8 Å². The largest absolute Gasteiger partial charge is 0.297 e. The van der Waals surface area contributed by atoms with Crippen molar-refractivity contribution < 1.29 is 0 Å². The van der Waals surface area contributed by atoms with Crippen LogP contribution in [0.1, 0.15) is 33.1 Å². The maximum atomic E-state index is 9.41. The fourth-order valence-electron chi connectivity index (χ4n) is 2.46. The van der Waals surface area contributed by atoms with Gasteiger partial charge in [0.15, 0.2) is 5.16 Å². The molecule has 0 spiro atoms. The standard InChI is InChI=1S/C12H19N5S/c1-9(2)16-12(7-13)5-4-10(6-12)18-11-14-8-15-17(11)3/h8-10,16H,4-6H2,1-3H3. The van der Waals surface area contributed by atoms with Gasteiger partial charge in [0.05, 0.1) is 6.07 Å². The summed E-state index contributed by atoms with van der Waals surface area (Å²) in [6.07, 6.45) is 4.41. The first-order valence-corrected chi connectivity index (χ1v) is 7.12. The topological polar surface area (TPSA) is 66.5 Å². The molecule has 1 aromatic rings. The second kappa shape index (κ2) is 5.29. The van der Waals surface area contributed by atoms with Crippen LogP contribution in [0.3, 0.4) is 0 Å². The van der Waals surface area contributed by atoms with Crippen molar-refractivity contribution in [3.63, 3.8) is 0 Å². The molecule has 1 aliphatic carbocycles. The van der Waals surface area contributed by atoms with Crippen LogP contribution < -0.4 is 5.32 Å². The number of hydrogen-bond donors (Lipinski definition) is 1. The van der Waals surface area contributed by atoms with Crippen molar-refractivity contribution in [3.05, 3.63) is 6.33 Å². The summed E-state index contributed by atoms with van der Waals surface area (Å²) in [7, 11) is 1.90. The van der Waals surface area contributed by atoms with Crippen molar-refractivity contribution in [2.45, 2.75) is 55.1 Å². The number of thioether (sulfide) groups is 1. The molecule has 2 unspecified atom stereocenters. The van der Waals surface area contributed by atoms with Crippen LogP contribution in [0.2, 0.25) is 0 Å². The van der Waals surface area contributed by atoms with Gasteiger partial charge in [0, 0.05) is 18.3 Å². The van der Waals surface area contributed by atoms with E-state index in [4.69, 9.17) is 0 Å². The number of nitriles is 1. The molecule has 2 atom stereocenters. The molecule has 1 saturated carbocycles. The predicted molar refractivity (Wildman–Crippen MR) is 71.1 cm³/mol. The van der Waals surface area contributed by atoms with Gasteiger partial charge in [0.25, 0.3) is 0 Å². The van der Waals surface area contributed by atoms with Crippen molar-refractivity contribution in [1.82, 2.24) is 20.1 Å². The zero-order valence-electron chi connectivity index (χ0n) is 11.1. The van der Waals surface area contributed by atoms with Crippen molar-refractivity contribution in [2.75, 3.05) is 0 Å². The second-order valence-electron chi connectivity index (χ2n) is 5.14. The minimum Gasteiger partial charge on any atom is -0.297 e. The van der Waals surface area contributed by atoms with Gasteiger partial charge < -0.3 is 0 Å². The van der Waals surface area contributed by atoms with E-state index in [0.717, 1.165) is 24.4 Å². The third-order valence-electron chi connectivity index (χ3n) is 3.19. The van der Waals surface area contributed by atoms with E-state index < -0.39 is 0 Å². The van der Waals surface area contributed by atoms with Gasteiger partial charge in [0.2, 0.25) is 0 Å². The van der Waals surface area contributed by atoms with Crippen molar-refractivity contribution in [1.29, 1.82) is 5.26 Å². The molecule has 1 fully saturated rings. The number of aryl methyl sites for hydroxylation is 1. The van der Waals surface area contributed by atoms with Crippen LogP contribution in [0, 0.1) is 11.3 Å². The molecule has 0 aliphatic heterocycles. The van der Waals surface area contributed by atoms with Crippen molar-refractivity contribution in [3.8, 4) is 6.07 Å². The minimum atomic E-state index is -0.357. The molecule has 18 heavy (non-hydrogen) atoms. The summed E-state index contributed by atoms with van der Waals surface area (Å²) in [5.74, 6) is 0. The molecular weight excluding hydrogens is 246 g/mol. The fraction of sp³-hybridized carbons (Fsp3) is 0.750. The lowest BCUT2D eigenvalue weighted by atomic mass is 9.99. The molecular formula is C12H19N5S. The van der Waals surface area contributed by atoms with Gasteiger partial charge in [-0.3, -0.25) is 5.32 Å². The zero-order valence-corrected chi connectivity index (χ0v) is 11.9. The molecule has 1 N–H and O–H groups in total. The Kier molecular flexibility index (Phi) is 3.93. The smallest absolute Gasteiger partial charge is 0.186 e. The van der Waals surface area contributed by atoms with Crippen LogP contribution in [0.5, 0.6) is 0 Å². The molecule has 1 aromatic heterocycles. The monoisotopic (exact) mass is 265 g/mol. The fourth-order valence-corrected chi connectivity index (χ4v) is 3.67. The average molecular weight is 265 g/mol. The quantitative estimate of drug-likeness (QED) is 0.898. The number of nitrogens with one attached hydrogen (secondary N) is 1. The minimum absolute atomic E-state index is 0.336. The zero-order chi connectivity index (χ0) is 13.2. The highest BCUT2D eigenvalue weighted by Crippen LogP contribution is 2.39. The molecule has 1 aliphatic rings. The second-order valence-corrected chi connectivity index (χ2v) is 6.41. The van der Waals surface area contributed by atoms with Gasteiger partial charge in [-0.2, -0.15) is 10.4 Å². The Balaban J connectivity index is 1.99. The molecule has 98 valence electrons. The summed E-state index contributed by atoms with van der Waals surface area (Å²) in [4.78, 5) is 4.23. The first-order chi connectivity index (χ1) is 8.54. The average Bonchev–Trinajstić information content (AvgIpc) is 2.88. The lowest BCUT2D eigenvalue weighted by molar-refractivity contribution is 0.386. The van der Waals surface area contributed by atoms with Gasteiger partial charge in [-0.25, -0.2) is 9.67 Å². The van der Waals surface area contributed by atoms with Crippen LogP contribution in [0.25, 0.3) is 0 Å². The molecule has 0 bridgehead atoms. The third kappa shape index (κ3) is 2.85.